The lowest BCUT2D eigenvalue weighted by Gasteiger charge is -2.31. The Morgan fingerprint density at radius 2 is 2.10 bits per heavy atom. The molecule has 1 aromatic carbocycles. The van der Waals surface area contributed by atoms with Crippen molar-refractivity contribution >= 4 is 21.8 Å². The molecule has 0 saturated carbocycles. The Morgan fingerprint density at radius 1 is 1.45 bits per heavy atom. The second-order valence-corrected chi connectivity index (χ2v) is 6.55. The van der Waals surface area contributed by atoms with Crippen LogP contribution in [0, 0.1) is 5.41 Å². The SMILES string of the molecule is COc1ccc(O)c(C(=O)NC(CCBr)C(C)(C)C)c1. The summed E-state index contributed by atoms with van der Waals surface area (Å²) in [5.41, 5.74) is 0.172. The van der Waals surface area contributed by atoms with Gasteiger partial charge in [0.1, 0.15) is 11.5 Å². The maximum Gasteiger partial charge on any atom is 0.255 e. The molecule has 0 radical (unpaired) electrons. The Labute approximate surface area is 128 Å². The summed E-state index contributed by atoms with van der Waals surface area (Å²) in [6.45, 7) is 6.23. The number of hydrogen-bond acceptors (Lipinski definition) is 3. The Kier molecular flexibility index (Phi) is 5.87. The quantitative estimate of drug-likeness (QED) is 0.806. The van der Waals surface area contributed by atoms with Crippen LogP contribution in [0.15, 0.2) is 18.2 Å². The average Bonchev–Trinajstić information content (AvgIpc) is 2.37. The van der Waals surface area contributed by atoms with Gasteiger partial charge in [0.25, 0.3) is 5.91 Å². The second-order valence-electron chi connectivity index (χ2n) is 5.75. The molecule has 1 amide bonds. The van der Waals surface area contributed by atoms with Crippen molar-refractivity contribution in [1.29, 1.82) is 0 Å². The minimum absolute atomic E-state index is 0.0139. The standard InChI is InChI=1S/C15H22BrNO3/c1-15(2,3)13(7-8-16)17-14(19)11-9-10(20-4)5-6-12(11)18/h5-6,9,13,18H,7-8H2,1-4H3,(H,17,19). The highest BCUT2D eigenvalue weighted by Crippen LogP contribution is 2.26. The molecule has 20 heavy (non-hydrogen) atoms. The van der Waals surface area contributed by atoms with Gasteiger partial charge in [0.15, 0.2) is 0 Å². The summed E-state index contributed by atoms with van der Waals surface area (Å²) in [5, 5.41) is 13.6. The number of amides is 1. The van der Waals surface area contributed by atoms with Gasteiger partial charge in [-0.2, -0.15) is 0 Å². The number of methoxy groups -OCH3 is 1. The third-order valence-corrected chi connectivity index (χ3v) is 3.65. The first-order valence-electron chi connectivity index (χ1n) is 6.53. The normalized spacial score (nSPS) is 12.8. The molecular formula is C15H22BrNO3. The Balaban J connectivity index is 2.94. The van der Waals surface area contributed by atoms with Gasteiger partial charge >= 0.3 is 0 Å². The molecule has 5 heteroatoms. The fourth-order valence-corrected chi connectivity index (χ4v) is 2.35. The van der Waals surface area contributed by atoms with Gasteiger partial charge in [-0.3, -0.25) is 4.79 Å². The van der Waals surface area contributed by atoms with Crippen LogP contribution in [-0.4, -0.2) is 29.5 Å². The minimum atomic E-state index is -0.290. The van der Waals surface area contributed by atoms with E-state index < -0.39 is 0 Å². The summed E-state index contributed by atoms with van der Waals surface area (Å²) in [5.74, 6) is 0.206. The molecule has 2 N–H and O–H groups in total. The number of hydrogen-bond donors (Lipinski definition) is 2. The average molecular weight is 344 g/mol. The summed E-state index contributed by atoms with van der Waals surface area (Å²) >= 11 is 3.41. The van der Waals surface area contributed by atoms with Crippen molar-refractivity contribution in [2.75, 3.05) is 12.4 Å². The first-order valence-corrected chi connectivity index (χ1v) is 7.65. The number of rotatable bonds is 5. The molecule has 0 spiro atoms. The van der Waals surface area contributed by atoms with E-state index in [9.17, 15) is 9.90 Å². The molecule has 0 heterocycles. The van der Waals surface area contributed by atoms with Crippen LogP contribution < -0.4 is 10.1 Å². The summed E-state index contributed by atoms with van der Waals surface area (Å²) in [7, 11) is 1.52. The smallest absolute Gasteiger partial charge is 0.255 e. The number of phenols is 1. The maximum atomic E-state index is 12.3. The van der Waals surface area contributed by atoms with Crippen molar-refractivity contribution < 1.29 is 14.6 Å². The van der Waals surface area contributed by atoms with Crippen LogP contribution in [0.4, 0.5) is 0 Å². The number of halogens is 1. The van der Waals surface area contributed by atoms with Crippen molar-refractivity contribution in [2.45, 2.75) is 33.2 Å². The van der Waals surface area contributed by atoms with Crippen molar-refractivity contribution in [2.24, 2.45) is 5.41 Å². The largest absolute Gasteiger partial charge is 0.507 e. The lowest BCUT2D eigenvalue weighted by Crippen LogP contribution is -2.44. The van der Waals surface area contributed by atoms with Crippen LogP contribution in [0.3, 0.4) is 0 Å². The molecule has 0 aliphatic carbocycles. The lowest BCUT2D eigenvalue weighted by molar-refractivity contribution is 0.0897. The molecule has 1 unspecified atom stereocenters. The number of aromatic hydroxyl groups is 1. The molecule has 0 fully saturated rings. The van der Waals surface area contributed by atoms with Crippen LogP contribution >= 0.6 is 15.9 Å². The minimum Gasteiger partial charge on any atom is -0.507 e. The van der Waals surface area contributed by atoms with Gasteiger partial charge in [-0.25, -0.2) is 0 Å². The van der Waals surface area contributed by atoms with E-state index >= 15 is 0 Å². The fourth-order valence-electron chi connectivity index (χ4n) is 1.89. The van der Waals surface area contributed by atoms with E-state index in [2.05, 4.69) is 42.0 Å². The molecule has 1 rings (SSSR count). The van der Waals surface area contributed by atoms with Gasteiger partial charge in [0.05, 0.1) is 12.7 Å². The number of alkyl halides is 1. The highest BCUT2D eigenvalue weighted by atomic mass is 79.9. The second kappa shape index (κ2) is 6.97. The zero-order valence-corrected chi connectivity index (χ0v) is 14.0. The summed E-state index contributed by atoms with van der Waals surface area (Å²) < 4.78 is 5.08. The predicted molar refractivity (Wildman–Crippen MR) is 83.8 cm³/mol. The fraction of sp³-hybridized carbons (Fsp3) is 0.533. The van der Waals surface area contributed by atoms with E-state index in [-0.39, 0.29) is 28.7 Å². The molecule has 0 aromatic heterocycles. The lowest BCUT2D eigenvalue weighted by atomic mass is 9.85. The van der Waals surface area contributed by atoms with Gasteiger partial charge in [0.2, 0.25) is 0 Å². The van der Waals surface area contributed by atoms with Gasteiger partial charge in [-0.05, 0) is 30.0 Å². The topological polar surface area (TPSA) is 58.6 Å². The Morgan fingerprint density at radius 3 is 2.60 bits per heavy atom. The van der Waals surface area contributed by atoms with Gasteiger partial charge in [-0.15, -0.1) is 0 Å². The van der Waals surface area contributed by atoms with E-state index in [0.29, 0.717) is 5.75 Å². The molecule has 0 bridgehead atoms. The Hall–Kier alpha value is -1.23. The molecule has 0 aliphatic heterocycles. The molecule has 112 valence electrons. The zero-order chi connectivity index (χ0) is 15.3. The third-order valence-electron chi connectivity index (χ3n) is 3.20. The van der Waals surface area contributed by atoms with E-state index in [1.807, 2.05) is 0 Å². The van der Waals surface area contributed by atoms with Gasteiger partial charge < -0.3 is 15.2 Å². The highest BCUT2D eigenvalue weighted by molar-refractivity contribution is 9.09. The predicted octanol–water partition coefficient (Wildman–Crippen LogP) is 3.33. The summed E-state index contributed by atoms with van der Waals surface area (Å²) in [4.78, 5) is 12.3. The molecule has 0 aliphatic rings. The van der Waals surface area contributed by atoms with E-state index in [1.54, 1.807) is 12.1 Å². The van der Waals surface area contributed by atoms with Crippen LogP contribution in [0.2, 0.25) is 0 Å². The van der Waals surface area contributed by atoms with E-state index in [0.717, 1.165) is 11.8 Å². The third kappa shape index (κ3) is 4.40. The molecular weight excluding hydrogens is 322 g/mol. The van der Waals surface area contributed by atoms with E-state index in [1.165, 1.54) is 13.2 Å². The number of phenolic OH excluding ortho intramolecular Hbond substituents is 1. The maximum absolute atomic E-state index is 12.3. The van der Waals surface area contributed by atoms with Crippen LogP contribution in [0.1, 0.15) is 37.6 Å². The first kappa shape index (κ1) is 16.8. The highest BCUT2D eigenvalue weighted by Gasteiger charge is 2.26. The number of carbonyl (C=O) groups excluding carboxylic acids is 1. The van der Waals surface area contributed by atoms with Crippen molar-refractivity contribution in [3.8, 4) is 11.5 Å². The number of benzene rings is 1. The molecule has 0 saturated heterocycles. The van der Waals surface area contributed by atoms with Crippen molar-refractivity contribution in [3.63, 3.8) is 0 Å². The van der Waals surface area contributed by atoms with Crippen LogP contribution in [-0.2, 0) is 0 Å². The number of carbonyl (C=O) groups is 1. The van der Waals surface area contributed by atoms with Crippen LogP contribution in [0.25, 0.3) is 0 Å². The van der Waals surface area contributed by atoms with Gasteiger partial charge in [-0.1, -0.05) is 36.7 Å². The van der Waals surface area contributed by atoms with Gasteiger partial charge in [0, 0.05) is 11.4 Å². The molecule has 1 aromatic rings. The van der Waals surface area contributed by atoms with Crippen LogP contribution in [0.5, 0.6) is 11.5 Å². The number of ether oxygens (including phenoxy) is 1. The van der Waals surface area contributed by atoms with Crippen molar-refractivity contribution in [3.05, 3.63) is 23.8 Å². The zero-order valence-electron chi connectivity index (χ0n) is 12.4. The van der Waals surface area contributed by atoms with E-state index in [4.69, 9.17) is 4.74 Å². The summed E-state index contributed by atoms with van der Waals surface area (Å²) in [6, 6.07) is 4.63. The Bertz CT molecular complexity index is 469. The number of nitrogens with one attached hydrogen (secondary N) is 1. The molecule has 1 atom stereocenters. The first-order chi connectivity index (χ1) is 9.29. The van der Waals surface area contributed by atoms with Crippen molar-refractivity contribution in [1.82, 2.24) is 5.32 Å². The molecule has 4 nitrogen and oxygen atoms in total. The monoisotopic (exact) mass is 343 g/mol. The summed E-state index contributed by atoms with van der Waals surface area (Å²) in [6.07, 6.45) is 0.819.